The van der Waals surface area contributed by atoms with E-state index in [0.29, 0.717) is 22.7 Å². The van der Waals surface area contributed by atoms with Crippen molar-refractivity contribution in [2.24, 2.45) is 5.73 Å². The molecule has 7 heteroatoms. The van der Waals surface area contributed by atoms with E-state index in [0.717, 1.165) is 19.3 Å². The van der Waals surface area contributed by atoms with E-state index in [4.69, 9.17) is 5.73 Å². The van der Waals surface area contributed by atoms with Crippen LogP contribution < -0.4 is 16.4 Å². The first-order valence-electron chi connectivity index (χ1n) is 8.10. The first-order valence-corrected chi connectivity index (χ1v) is 8.97. The normalized spacial score (nSPS) is 11.3. The van der Waals surface area contributed by atoms with Crippen molar-refractivity contribution in [2.45, 2.75) is 32.2 Å². The van der Waals surface area contributed by atoms with Crippen LogP contribution in [0.3, 0.4) is 0 Å². The number of anilines is 1. The molecule has 0 saturated heterocycles. The van der Waals surface area contributed by atoms with Crippen molar-refractivity contribution in [1.82, 2.24) is 5.32 Å². The third-order valence-corrected chi connectivity index (χ3v) is 4.52. The van der Waals surface area contributed by atoms with Crippen molar-refractivity contribution in [1.29, 1.82) is 0 Å². The molecule has 4 N–H and O–H groups in total. The number of thiophene rings is 1. The lowest BCUT2D eigenvalue weighted by molar-refractivity contribution is 0.0934. The average Bonchev–Trinajstić information content (AvgIpc) is 3.13. The van der Waals surface area contributed by atoms with Gasteiger partial charge in [-0.05, 0) is 36.1 Å². The highest BCUT2D eigenvalue weighted by Gasteiger charge is 2.13. The van der Waals surface area contributed by atoms with Crippen LogP contribution in [-0.2, 0) is 0 Å². The summed E-state index contributed by atoms with van der Waals surface area (Å²) in [6.07, 6.45) is 2.96. The largest absolute Gasteiger partial charge is 0.348 e. The highest BCUT2D eigenvalue weighted by atomic mass is 35.5. The summed E-state index contributed by atoms with van der Waals surface area (Å²) >= 11 is 1.37. The van der Waals surface area contributed by atoms with Crippen LogP contribution in [0.4, 0.5) is 5.69 Å². The molecule has 0 fully saturated rings. The van der Waals surface area contributed by atoms with Gasteiger partial charge in [0.25, 0.3) is 11.8 Å². The minimum atomic E-state index is -0.176. The predicted molar refractivity (Wildman–Crippen MR) is 106 cm³/mol. The second kappa shape index (κ2) is 10.9. The minimum Gasteiger partial charge on any atom is -0.348 e. The molecule has 0 saturated carbocycles. The summed E-state index contributed by atoms with van der Waals surface area (Å²) in [5.74, 6) is -0.348. The summed E-state index contributed by atoms with van der Waals surface area (Å²) in [6, 6.07) is 10.5. The van der Waals surface area contributed by atoms with E-state index in [1.165, 1.54) is 11.3 Å². The number of rotatable bonds is 8. The molecule has 25 heavy (non-hydrogen) atoms. The van der Waals surface area contributed by atoms with Gasteiger partial charge >= 0.3 is 0 Å². The second-order valence-electron chi connectivity index (χ2n) is 5.56. The number of nitrogens with one attached hydrogen (secondary N) is 2. The van der Waals surface area contributed by atoms with E-state index in [1.54, 1.807) is 30.3 Å². The average molecular weight is 382 g/mol. The highest BCUT2D eigenvalue weighted by Crippen LogP contribution is 2.15. The molecule has 0 spiro atoms. The van der Waals surface area contributed by atoms with Crippen molar-refractivity contribution < 1.29 is 9.59 Å². The molecule has 2 aromatic rings. The number of nitrogens with two attached hydrogens (primary N) is 1. The third-order valence-electron chi connectivity index (χ3n) is 3.65. The Kier molecular flexibility index (Phi) is 9.20. The van der Waals surface area contributed by atoms with Crippen molar-refractivity contribution in [2.75, 3.05) is 11.9 Å². The quantitative estimate of drug-likeness (QED) is 0.652. The number of carbonyl (C=O) groups is 2. The molecule has 0 radical (unpaired) electrons. The summed E-state index contributed by atoms with van der Waals surface area (Å²) in [7, 11) is 0. The maximum atomic E-state index is 12.4. The summed E-state index contributed by atoms with van der Waals surface area (Å²) in [5, 5.41) is 7.61. The molecule has 1 atom stereocenters. The van der Waals surface area contributed by atoms with Gasteiger partial charge in [-0.3, -0.25) is 9.59 Å². The van der Waals surface area contributed by atoms with Gasteiger partial charge in [0.1, 0.15) is 0 Å². The summed E-state index contributed by atoms with van der Waals surface area (Å²) < 4.78 is 0. The highest BCUT2D eigenvalue weighted by molar-refractivity contribution is 7.12. The summed E-state index contributed by atoms with van der Waals surface area (Å²) in [5.41, 5.74) is 6.82. The van der Waals surface area contributed by atoms with Gasteiger partial charge in [0, 0.05) is 23.8 Å². The maximum absolute atomic E-state index is 12.4. The van der Waals surface area contributed by atoms with Crippen LogP contribution >= 0.6 is 23.7 Å². The lowest BCUT2D eigenvalue weighted by atomic mass is 10.1. The Balaban J connectivity index is 0.00000312. The number of halogens is 1. The summed E-state index contributed by atoms with van der Waals surface area (Å²) in [4.78, 5) is 25.1. The lowest BCUT2D eigenvalue weighted by Gasteiger charge is -2.16. The molecule has 2 rings (SSSR count). The van der Waals surface area contributed by atoms with Crippen molar-refractivity contribution in [3.05, 3.63) is 52.2 Å². The molecule has 136 valence electrons. The third kappa shape index (κ3) is 6.49. The second-order valence-corrected chi connectivity index (χ2v) is 6.51. The Labute approximate surface area is 158 Å². The zero-order valence-corrected chi connectivity index (χ0v) is 15.8. The molecule has 5 nitrogen and oxygen atoms in total. The van der Waals surface area contributed by atoms with Gasteiger partial charge < -0.3 is 16.4 Å². The van der Waals surface area contributed by atoms with E-state index < -0.39 is 0 Å². The van der Waals surface area contributed by atoms with Crippen LogP contribution in [0.1, 0.15) is 46.2 Å². The molecular formula is C18H24ClN3O2S. The van der Waals surface area contributed by atoms with Gasteiger partial charge in [0.2, 0.25) is 0 Å². The predicted octanol–water partition coefficient (Wildman–Crippen LogP) is 3.67. The Bertz CT molecular complexity index is 677. The number of carbonyl (C=O) groups excluding carboxylic acids is 2. The van der Waals surface area contributed by atoms with Gasteiger partial charge in [0.05, 0.1) is 4.88 Å². The lowest BCUT2D eigenvalue weighted by Crippen LogP contribution is -2.40. The number of benzene rings is 1. The van der Waals surface area contributed by atoms with Gasteiger partial charge in [0.15, 0.2) is 0 Å². The number of hydrogen-bond donors (Lipinski definition) is 3. The van der Waals surface area contributed by atoms with Gasteiger partial charge in [-0.2, -0.15) is 0 Å². The first-order chi connectivity index (χ1) is 11.6. The van der Waals surface area contributed by atoms with Crippen LogP contribution in [0.25, 0.3) is 0 Å². The Morgan fingerprint density at radius 3 is 2.64 bits per heavy atom. The molecule has 1 aromatic heterocycles. The van der Waals surface area contributed by atoms with E-state index in [1.807, 2.05) is 11.4 Å². The number of hydrogen-bond acceptors (Lipinski definition) is 4. The van der Waals surface area contributed by atoms with Crippen LogP contribution in [0.2, 0.25) is 0 Å². The first kappa shape index (κ1) is 21.2. The minimum absolute atomic E-state index is 0. The molecule has 0 aliphatic heterocycles. The Hall–Kier alpha value is -1.89. The fourth-order valence-electron chi connectivity index (χ4n) is 2.31. The van der Waals surface area contributed by atoms with Crippen molar-refractivity contribution in [3.8, 4) is 0 Å². The smallest absolute Gasteiger partial charge is 0.265 e. The molecule has 0 aliphatic carbocycles. The Morgan fingerprint density at radius 1 is 1.20 bits per heavy atom. The van der Waals surface area contributed by atoms with Crippen molar-refractivity contribution in [3.63, 3.8) is 0 Å². The molecule has 0 bridgehead atoms. The van der Waals surface area contributed by atoms with E-state index in [-0.39, 0.29) is 30.3 Å². The van der Waals surface area contributed by atoms with Crippen LogP contribution in [0.5, 0.6) is 0 Å². The van der Waals surface area contributed by atoms with Crippen LogP contribution in [0, 0.1) is 0 Å². The standard InChI is InChI=1S/C18H23N3O2S.ClH/c1-2-3-7-15(12-19)21-17(22)13-6-4-8-14(11-13)20-18(23)16-9-5-10-24-16;/h4-6,8-11,15H,2-3,7,12,19H2,1H3,(H,20,23)(H,21,22);1H. The monoisotopic (exact) mass is 381 g/mol. The topological polar surface area (TPSA) is 84.2 Å². The zero-order valence-electron chi connectivity index (χ0n) is 14.2. The number of amides is 2. The van der Waals surface area contributed by atoms with E-state index in [2.05, 4.69) is 17.6 Å². The van der Waals surface area contributed by atoms with Crippen LogP contribution in [-0.4, -0.2) is 24.4 Å². The molecule has 1 aromatic carbocycles. The fourth-order valence-corrected chi connectivity index (χ4v) is 2.93. The van der Waals surface area contributed by atoms with Crippen molar-refractivity contribution >= 4 is 41.2 Å². The SMILES string of the molecule is CCCCC(CN)NC(=O)c1cccc(NC(=O)c2cccs2)c1.Cl. The van der Waals surface area contributed by atoms with Gasteiger partial charge in [-0.25, -0.2) is 0 Å². The van der Waals surface area contributed by atoms with Gasteiger partial charge in [-0.15, -0.1) is 23.7 Å². The van der Waals surface area contributed by atoms with Gasteiger partial charge in [-0.1, -0.05) is 31.9 Å². The molecular weight excluding hydrogens is 358 g/mol. The molecule has 2 amide bonds. The molecule has 1 unspecified atom stereocenters. The van der Waals surface area contributed by atoms with E-state index in [9.17, 15) is 9.59 Å². The van der Waals surface area contributed by atoms with Crippen LogP contribution in [0.15, 0.2) is 41.8 Å². The Morgan fingerprint density at radius 2 is 2.00 bits per heavy atom. The molecule has 1 heterocycles. The van der Waals surface area contributed by atoms with E-state index >= 15 is 0 Å². The zero-order chi connectivity index (χ0) is 17.4. The summed E-state index contributed by atoms with van der Waals surface area (Å²) in [6.45, 7) is 2.52. The number of unbranched alkanes of at least 4 members (excludes halogenated alkanes) is 1. The maximum Gasteiger partial charge on any atom is 0.265 e. The fraction of sp³-hybridized carbons (Fsp3) is 0.333. The molecule has 0 aliphatic rings.